The summed E-state index contributed by atoms with van der Waals surface area (Å²) >= 11 is 0. The lowest BCUT2D eigenvalue weighted by molar-refractivity contribution is 0.0581. The number of benzene rings is 4. The van der Waals surface area contributed by atoms with Gasteiger partial charge in [0.05, 0.1) is 36.3 Å². The summed E-state index contributed by atoms with van der Waals surface area (Å²) in [5.41, 5.74) is 1.52. The van der Waals surface area contributed by atoms with Crippen LogP contribution in [0.2, 0.25) is 0 Å². The Morgan fingerprint density at radius 3 is 2.36 bits per heavy atom. The van der Waals surface area contributed by atoms with Gasteiger partial charge in [0.25, 0.3) is 11.5 Å². The van der Waals surface area contributed by atoms with Gasteiger partial charge in [0.1, 0.15) is 11.6 Å². The van der Waals surface area contributed by atoms with Crippen LogP contribution in [-0.2, 0) is 4.74 Å². The van der Waals surface area contributed by atoms with E-state index >= 15 is 0 Å². The van der Waals surface area contributed by atoms with Crippen LogP contribution in [0.4, 0.5) is 0 Å². The van der Waals surface area contributed by atoms with Gasteiger partial charge >= 0.3 is 0 Å². The van der Waals surface area contributed by atoms with Crippen molar-refractivity contribution in [3.05, 3.63) is 113 Å². The molecular formula is C32H31N3O4. The van der Waals surface area contributed by atoms with Gasteiger partial charge in [0, 0.05) is 19.2 Å². The molecule has 0 N–H and O–H groups in total. The van der Waals surface area contributed by atoms with E-state index in [1.165, 1.54) is 0 Å². The number of hydrogen-bond donors (Lipinski definition) is 0. The number of para-hydroxylation sites is 3. The minimum atomic E-state index is -0.520. The van der Waals surface area contributed by atoms with E-state index in [-0.39, 0.29) is 11.5 Å². The maximum Gasteiger partial charge on any atom is 0.266 e. The van der Waals surface area contributed by atoms with Crippen molar-refractivity contribution in [3.63, 3.8) is 0 Å². The molecule has 7 nitrogen and oxygen atoms in total. The van der Waals surface area contributed by atoms with Crippen molar-refractivity contribution in [1.29, 1.82) is 0 Å². The van der Waals surface area contributed by atoms with Crippen LogP contribution >= 0.6 is 0 Å². The summed E-state index contributed by atoms with van der Waals surface area (Å²) in [4.78, 5) is 35.1. The zero-order chi connectivity index (χ0) is 27.4. The molecular weight excluding hydrogens is 490 g/mol. The van der Waals surface area contributed by atoms with Crippen LogP contribution in [-0.4, -0.2) is 47.7 Å². The molecule has 0 bridgehead atoms. The highest BCUT2D eigenvalue weighted by Crippen LogP contribution is 2.31. The van der Waals surface area contributed by atoms with E-state index in [9.17, 15) is 9.59 Å². The van der Waals surface area contributed by atoms with Gasteiger partial charge in [-0.3, -0.25) is 14.2 Å². The molecule has 0 fully saturated rings. The zero-order valence-corrected chi connectivity index (χ0v) is 22.3. The van der Waals surface area contributed by atoms with E-state index in [1.54, 1.807) is 29.8 Å². The fraction of sp³-hybridized carbons (Fsp3) is 0.219. The van der Waals surface area contributed by atoms with Gasteiger partial charge in [0.15, 0.2) is 0 Å². The van der Waals surface area contributed by atoms with Gasteiger partial charge in [-0.05, 0) is 47.5 Å². The molecule has 7 heteroatoms. The second-order valence-electron chi connectivity index (χ2n) is 9.24. The van der Waals surface area contributed by atoms with E-state index in [0.29, 0.717) is 53.3 Å². The number of ether oxygens (including phenoxy) is 2. The summed E-state index contributed by atoms with van der Waals surface area (Å²) in [6, 6.07) is 27.7. The molecule has 0 aliphatic rings. The molecule has 1 heterocycles. The smallest absolute Gasteiger partial charge is 0.266 e. The summed E-state index contributed by atoms with van der Waals surface area (Å²) in [6.07, 6.45) is 0.528. The number of aromatic nitrogens is 2. The fourth-order valence-corrected chi connectivity index (χ4v) is 5.12. The minimum Gasteiger partial charge on any atom is -0.495 e. The van der Waals surface area contributed by atoms with E-state index in [1.807, 2.05) is 91.9 Å². The van der Waals surface area contributed by atoms with Crippen LogP contribution in [0.5, 0.6) is 5.75 Å². The Morgan fingerprint density at radius 1 is 0.897 bits per heavy atom. The largest absolute Gasteiger partial charge is 0.495 e. The Balaban J connectivity index is 1.75. The minimum absolute atomic E-state index is 0.148. The predicted molar refractivity (Wildman–Crippen MR) is 154 cm³/mol. The number of carbonyl (C=O) groups excluding carboxylic acids is 1. The van der Waals surface area contributed by atoms with E-state index in [4.69, 9.17) is 14.5 Å². The predicted octanol–water partition coefficient (Wildman–Crippen LogP) is 5.79. The molecule has 5 aromatic rings. The van der Waals surface area contributed by atoms with Crippen LogP contribution in [0.15, 0.2) is 95.8 Å². The van der Waals surface area contributed by atoms with Crippen molar-refractivity contribution in [3.8, 4) is 11.4 Å². The molecule has 0 saturated carbocycles. The topological polar surface area (TPSA) is 73.7 Å². The molecule has 0 aliphatic carbocycles. The third kappa shape index (κ3) is 4.89. The maximum absolute atomic E-state index is 14.3. The van der Waals surface area contributed by atoms with Crippen LogP contribution in [0, 0.1) is 0 Å². The lowest BCUT2D eigenvalue weighted by atomic mass is 10.0. The molecule has 198 valence electrons. The van der Waals surface area contributed by atoms with Crippen molar-refractivity contribution in [2.24, 2.45) is 0 Å². The lowest BCUT2D eigenvalue weighted by Gasteiger charge is -2.32. The molecule has 1 unspecified atom stereocenters. The molecule has 0 saturated heterocycles. The van der Waals surface area contributed by atoms with Gasteiger partial charge in [-0.1, -0.05) is 67.6 Å². The first-order valence-electron chi connectivity index (χ1n) is 13.0. The normalized spacial score (nSPS) is 12.0. The van der Waals surface area contributed by atoms with Crippen molar-refractivity contribution in [2.45, 2.75) is 19.4 Å². The van der Waals surface area contributed by atoms with Gasteiger partial charge in [-0.25, -0.2) is 4.98 Å². The van der Waals surface area contributed by atoms with Crippen LogP contribution in [0.1, 0.15) is 35.6 Å². The molecule has 5 rings (SSSR count). The Hall–Kier alpha value is -4.49. The Bertz CT molecular complexity index is 1690. The fourth-order valence-electron chi connectivity index (χ4n) is 5.12. The quantitative estimate of drug-likeness (QED) is 0.246. The van der Waals surface area contributed by atoms with Gasteiger partial charge < -0.3 is 14.4 Å². The molecule has 1 aromatic heterocycles. The summed E-state index contributed by atoms with van der Waals surface area (Å²) < 4.78 is 12.6. The van der Waals surface area contributed by atoms with Crippen molar-refractivity contribution >= 4 is 27.6 Å². The maximum atomic E-state index is 14.3. The molecule has 0 spiro atoms. The number of hydrogen-bond acceptors (Lipinski definition) is 5. The molecule has 1 amide bonds. The Morgan fingerprint density at radius 2 is 1.59 bits per heavy atom. The monoisotopic (exact) mass is 521 g/mol. The molecule has 4 aromatic carbocycles. The van der Waals surface area contributed by atoms with Crippen molar-refractivity contribution in [2.75, 3.05) is 27.4 Å². The van der Waals surface area contributed by atoms with E-state index in [2.05, 4.69) is 0 Å². The highest BCUT2D eigenvalue weighted by molar-refractivity contribution is 6.07. The number of methoxy groups -OCH3 is 2. The molecule has 0 radical (unpaired) electrons. The number of carbonyl (C=O) groups is 1. The highest BCUT2D eigenvalue weighted by atomic mass is 16.5. The summed E-state index contributed by atoms with van der Waals surface area (Å²) in [7, 11) is 3.19. The molecule has 1 atom stereocenters. The van der Waals surface area contributed by atoms with Crippen LogP contribution in [0.25, 0.3) is 27.4 Å². The average molecular weight is 522 g/mol. The Kier molecular flexibility index (Phi) is 7.70. The van der Waals surface area contributed by atoms with E-state index in [0.717, 1.165) is 10.8 Å². The van der Waals surface area contributed by atoms with Gasteiger partial charge in [-0.2, -0.15) is 0 Å². The van der Waals surface area contributed by atoms with Crippen LogP contribution < -0.4 is 10.3 Å². The van der Waals surface area contributed by atoms with E-state index < -0.39 is 6.04 Å². The first-order valence-corrected chi connectivity index (χ1v) is 13.0. The zero-order valence-electron chi connectivity index (χ0n) is 22.3. The standard InChI is InChI=1S/C32H31N3O4/c1-4-27(34(20-21-38-2)31(36)24-16-11-13-22-12-5-6-14-23(22)24)30-33-26-17-8-7-15-25(26)32(37)35(30)28-18-9-10-19-29(28)39-3/h5-19,27H,4,20-21H2,1-3H3. The second kappa shape index (κ2) is 11.5. The lowest BCUT2D eigenvalue weighted by Crippen LogP contribution is -2.40. The van der Waals surface area contributed by atoms with Gasteiger partial charge in [-0.15, -0.1) is 0 Å². The highest BCUT2D eigenvalue weighted by Gasteiger charge is 2.31. The average Bonchev–Trinajstić information content (AvgIpc) is 2.98. The van der Waals surface area contributed by atoms with Gasteiger partial charge in [0.2, 0.25) is 0 Å². The van der Waals surface area contributed by atoms with Crippen LogP contribution in [0.3, 0.4) is 0 Å². The number of amides is 1. The first-order chi connectivity index (χ1) is 19.1. The SMILES string of the molecule is CCC(c1nc2ccccc2c(=O)n1-c1ccccc1OC)N(CCOC)C(=O)c1cccc2ccccc12. The van der Waals surface area contributed by atoms with Crippen molar-refractivity contribution < 1.29 is 14.3 Å². The third-order valence-electron chi connectivity index (χ3n) is 7.01. The number of rotatable bonds is 9. The first kappa shape index (κ1) is 26.1. The third-order valence-corrected chi connectivity index (χ3v) is 7.01. The summed E-state index contributed by atoms with van der Waals surface area (Å²) in [5.74, 6) is 0.858. The molecule has 39 heavy (non-hydrogen) atoms. The summed E-state index contributed by atoms with van der Waals surface area (Å²) in [6.45, 7) is 2.65. The number of nitrogens with zero attached hydrogens (tertiary/aromatic N) is 3. The van der Waals surface area contributed by atoms with Crippen molar-refractivity contribution in [1.82, 2.24) is 14.5 Å². The summed E-state index contributed by atoms with van der Waals surface area (Å²) in [5, 5.41) is 2.35. The Labute approximate surface area is 227 Å². The second-order valence-corrected chi connectivity index (χ2v) is 9.24. The molecule has 0 aliphatic heterocycles. The number of fused-ring (bicyclic) bond motifs is 2.